The van der Waals surface area contributed by atoms with Crippen LogP contribution in [0.1, 0.15) is 36.2 Å². The standard InChI is InChI=1S/C15H20BrN3O4/c16-12-5-4-11(23-12)15(22)18-10-13(20)17-7-6-14(21)19-8-2-1-3-9-19/h4-5H,1-3,6-10H2,(H,17,20)(H,18,22). The third-order valence-corrected chi connectivity index (χ3v) is 4.00. The van der Waals surface area contributed by atoms with Gasteiger partial charge in [0.05, 0.1) is 6.54 Å². The first kappa shape index (κ1) is 17.5. The third kappa shape index (κ3) is 5.70. The summed E-state index contributed by atoms with van der Waals surface area (Å²) in [5.74, 6) is -0.606. The minimum atomic E-state index is -0.463. The van der Waals surface area contributed by atoms with Crippen molar-refractivity contribution in [2.45, 2.75) is 25.7 Å². The second-order valence-corrected chi connectivity index (χ2v) is 6.11. The second-order valence-electron chi connectivity index (χ2n) is 5.33. The number of rotatable bonds is 6. The van der Waals surface area contributed by atoms with Crippen LogP contribution in [-0.2, 0) is 9.59 Å². The number of nitrogens with one attached hydrogen (secondary N) is 2. The van der Waals surface area contributed by atoms with E-state index in [9.17, 15) is 14.4 Å². The van der Waals surface area contributed by atoms with Gasteiger partial charge in [-0.05, 0) is 47.3 Å². The Bertz CT molecular complexity index is 567. The number of carbonyl (C=O) groups excluding carboxylic acids is 3. The van der Waals surface area contributed by atoms with Gasteiger partial charge in [-0.25, -0.2) is 0 Å². The van der Waals surface area contributed by atoms with E-state index in [-0.39, 0.29) is 37.1 Å². The van der Waals surface area contributed by atoms with Crippen molar-refractivity contribution >= 4 is 33.7 Å². The number of halogens is 1. The Morgan fingerprint density at radius 2 is 1.87 bits per heavy atom. The highest BCUT2D eigenvalue weighted by molar-refractivity contribution is 9.10. The Morgan fingerprint density at radius 1 is 1.13 bits per heavy atom. The largest absolute Gasteiger partial charge is 0.444 e. The molecule has 23 heavy (non-hydrogen) atoms. The zero-order chi connectivity index (χ0) is 16.7. The maximum atomic E-state index is 11.9. The predicted octanol–water partition coefficient (Wildman–Crippen LogP) is 1.29. The molecule has 0 aliphatic carbocycles. The number of piperidine rings is 1. The van der Waals surface area contributed by atoms with Crippen molar-refractivity contribution in [3.8, 4) is 0 Å². The lowest BCUT2D eigenvalue weighted by Crippen LogP contribution is -2.40. The van der Waals surface area contributed by atoms with Crippen molar-refractivity contribution in [1.82, 2.24) is 15.5 Å². The fourth-order valence-electron chi connectivity index (χ4n) is 2.36. The molecule has 126 valence electrons. The summed E-state index contributed by atoms with van der Waals surface area (Å²) in [4.78, 5) is 37.1. The summed E-state index contributed by atoms with van der Waals surface area (Å²) < 4.78 is 5.53. The van der Waals surface area contributed by atoms with Crippen molar-refractivity contribution in [1.29, 1.82) is 0 Å². The summed E-state index contributed by atoms with van der Waals surface area (Å²) in [6.45, 7) is 1.73. The summed E-state index contributed by atoms with van der Waals surface area (Å²) >= 11 is 3.10. The fourth-order valence-corrected chi connectivity index (χ4v) is 2.66. The highest BCUT2D eigenvalue weighted by Crippen LogP contribution is 2.13. The van der Waals surface area contributed by atoms with Gasteiger partial charge in [0.1, 0.15) is 0 Å². The van der Waals surface area contributed by atoms with Crippen molar-refractivity contribution in [2.75, 3.05) is 26.2 Å². The van der Waals surface area contributed by atoms with Gasteiger partial charge in [-0.1, -0.05) is 0 Å². The van der Waals surface area contributed by atoms with Gasteiger partial charge in [0.15, 0.2) is 10.4 Å². The van der Waals surface area contributed by atoms with Crippen LogP contribution in [0.5, 0.6) is 0 Å². The molecule has 0 atom stereocenters. The van der Waals surface area contributed by atoms with E-state index in [1.165, 1.54) is 12.5 Å². The first-order valence-electron chi connectivity index (χ1n) is 7.64. The molecular formula is C15H20BrN3O4. The molecule has 2 heterocycles. The molecule has 3 amide bonds. The smallest absolute Gasteiger partial charge is 0.287 e. The summed E-state index contributed by atoms with van der Waals surface area (Å²) in [6.07, 6.45) is 3.55. The maximum Gasteiger partial charge on any atom is 0.287 e. The van der Waals surface area contributed by atoms with E-state index in [0.29, 0.717) is 4.67 Å². The molecule has 0 saturated carbocycles. The topological polar surface area (TPSA) is 91.6 Å². The fraction of sp³-hybridized carbons (Fsp3) is 0.533. The molecular weight excluding hydrogens is 366 g/mol. The molecule has 1 aromatic rings. The van der Waals surface area contributed by atoms with Gasteiger partial charge in [0.2, 0.25) is 11.8 Å². The Kier molecular flexibility index (Phi) is 6.64. The van der Waals surface area contributed by atoms with Crippen LogP contribution >= 0.6 is 15.9 Å². The van der Waals surface area contributed by atoms with Gasteiger partial charge in [-0.2, -0.15) is 0 Å². The van der Waals surface area contributed by atoms with Crippen LogP contribution in [-0.4, -0.2) is 48.8 Å². The molecule has 0 radical (unpaired) electrons. The van der Waals surface area contributed by atoms with E-state index in [2.05, 4.69) is 26.6 Å². The Labute approximate surface area is 142 Å². The minimum Gasteiger partial charge on any atom is -0.444 e. The number of likely N-dealkylation sites (tertiary alicyclic amines) is 1. The van der Waals surface area contributed by atoms with Gasteiger partial charge in [0, 0.05) is 26.1 Å². The van der Waals surface area contributed by atoms with Gasteiger partial charge in [0.25, 0.3) is 5.91 Å². The van der Waals surface area contributed by atoms with Crippen LogP contribution in [0.3, 0.4) is 0 Å². The number of hydrogen-bond donors (Lipinski definition) is 2. The highest BCUT2D eigenvalue weighted by Gasteiger charge is 2.16. The third-order valence-electron chi connectivity index (χ3n) is 3.58. The molecule has 0 bridgehead atoms. The van der Waals surface area contributed by atoms with Crippen molar-refractivity contribution in [3.05, 3.63) is 22.6 Å². The number of amides is 3. The van der Waals surface area contributed by atoms with Crippen LogP contribution in [0, 0.1) is 0 Å². The highest BCUT2D eigenvalue weighted by atomic mass is 79.9. The molecule has 0 unspecified atom stereocenters. The molecule has 7 nitrogen and oxygen atoms in total. The Morgan fingerprint density at radius 3 is 2.52 bits per heavy atom. The second kappa shape index (κ2) is 8.71. The first-order valence-corrected chi connectivity index (χ1v) is 8.43. The number of carbonyl (C=O) groups is 3. The number of hydrogen-bond acceptors (Lipinski definition) is 4. The molecule has 1 saturated heterocycles. The molecule has 8 heteroatoms. The zero-order valence-electron chi connectivity index (χ0n) is 12.8. The minimum absolute atomic E-state index is 0.0643. The molecule has 2 N–H and O–H groups in total. The quantitative estimate of drug-likeness (QED) is 0.771. The van der Waals surface area contributed by atoms with Crippen LogP contribution < -0.4 is 10.6 Å². The monoisotopic (exact) mass is 385 g/mol. The predicted molar refractivity (Wildman–Crippen MR) is 86.8 cm³/mol. The molecule has 0 spiro atoms. The summed E-state index contributed by atoms with van der Waals surface area (Å²) in [5.41, 5.74) is 0. The van der Waals surface area contributed by atoms with Crippen LogP contribution in [0.25, 0.3) is 0 Å². The van der Waals surface area contributed by atoms with Crippen LogP contribution in [0.15, 0.2) is 21.2 Å². The lowest BCUT2D eigenvalue weighted by atomic mass is 10.1. The lowest BCUT2D eigenvalue weighted by molar-refractivity contribution is -0.132. The molecule has 1 fully saturated rings. The Hall–Kier alpha value is -1.83. The van der Waals surface area contributed by atoms with E-state index in [4.69, 9.17) is 4.42 Å². The van der Waals surface area contributed by atoms with E-state index < -0.39 is 5.91 Å². The maximum absolute atomic E-state index is 11.9. The summed E-state index contributed by atoms with van der Waals surface area (Å²) in [7, 11) is 0. The van der Waals surface area contributed by atoms with Gasteiger partial charge in [-0.3, -0.25) is 14.4 Å². The number of furan rings is 1. The molecule has 1 aromatic heterocycles. The molecule has 1 aliphatic rings. The van der Waals surface area contributed by atoms with E-state index in [1.54, 1.807) is 6.07 Å². The van der Waals surface area contributed by atoms with E-state index in [1.807, 2.05) is 4.90 Å². The lowest BCUT2D eigenvalue weighted by Gasteiger charge is -2.26. The molecule has 1 aliphatic heterocycles. The average molecular weight is 386 g/mol. The van der Waals surface area contributed by atoms with Crippen molar-refractivity contribution in [3.63, 3.8) is 0 Å². The van der Waals surface area contributed by atoms with Crippen LogP contribution in [0.2, 0.25) is 0 Å². The van der Waals surface area contributed by atoms with E-state index in [0.717, 1.165) is 25.9 Å². The normalized spacial score (nSPS) is 14.4. The van der Waals surface area contributed by atoms with Gasteiger partial charge >= 0.3 is 0 Å². The van der Waals surface area contributed by atoms with Crippen molar-refractivity contribution < 1.29 is 18.8 Å². The number of nitrogens with zero attached hydrogens (tertiary/aromatic N) is 1. The van der Waals surface area contributed by atoms with Crippen LogP contribution in [0.4, 0.5) is 0 Å². The SMILES string of the molecule is O=C(CNC(=O)c1ccc(Br)o1)NCCC(=O)N1CCCCC1. The molecule has 2 rings (SSSR count). The van der Waals surface area contributed by atoms with Gasteiger partial charge < -0.3 is 20.0 Å². The van der Waals surface area contributed by atoms with Gasteiger partial charge in [-0.15, -0.1) is 0 Å². The zero-order valence-corrected chi connectivity index (χ0v) is 14.4. The summed E-state index contributed by atoms with van der Waals surface area (Å²) in [5, 5.41) is 5.08. The average Bonchev–Trinajstić information content (AvgIpc) is 3.00. The van der Waals surface area contributed by atoms with Crippen molar-refractivity contribution in [2.24, 2.45) is 0 Å². The Balaban J connectivity index is 1.61. The summed E-state index contributed by atoms with van der Waals surface area (Å²) in [6, 6.07) is 3.11. The van der Waals surface area contributed by atoms with E-state index >= 15 is 0 Å². The first-order chi connectivity index (χ1) is 11.1. The molecule has 0 aromatic carbocycles.